The highest BCUT2D eigenvalue weighted by Crippen LogP contribution is 2.25. The molecule has 5 nitrogen and oxygen atoms in total. The summed E-state index contributed by atoms with van der Waals surface area (Å²) in [5.74, 6) is -0.635. The molecule has 0 radical (unpaired) electrons. The van der Waals surface area contributed by atoms with Crippen molar-refractivity contribution in [1.29, 1.82) is 0 Å². The Labute approximate surface area is 134 Å². The normalized spacial score (nSPS) is 16.7. The van der Waals surface area contributed by atoms with Crippen molar-refractivity contribution in [1.82, 2.24) is 13.6 Å². The Balaban J connectivity index is 1.88. The molecule has 1 aliphatic rings. The fourth-order valence-electron chi connectivity index (χ4n) is 2.64. The van der Waals surface area contributed by atoms with E-state index in [2.05, 4.69) is 8.75 Å². The van der Waals surface area contributed by atoms with Crippen molar-refractivity contribution < 1.29 is 22.7 Å². The largest absolute Gasteiger partial charge is 0.406 e. The Morgan fingerprint density at radius 1 is 1.26 bits per heavy atom. The predicted octanol–water partition coefficient (Wildman–Crippen LogP) is 2.87. The summed E-state index contributed by atoms with van der Waals surface area (Å²) in [4.78, 5) is 13.5. The van der Waals surface area contributed by atoms with Crippen molar-refractivity contribution >= 4 is 28.7 Å². The molecule has 0 bridgehead atoms. The highest BCUT2D eigenvalue weighted by atomic mass is 32.1. The van der Waals surface area contributed by atoms with E-state index in [1.54, 1.807) is 6.07 Å². The smallest absolute Gasteiger partial charge is 0.381 e. The number of fused-ring (bicyclic) bond motifs is 1. The number of carbonyl (C=O) groups excluding carboxylic acids is 1. The van der Waals surface area contributed by atoms with Crippen LogP contribution in [0.15, 0.2) is 18.2 Å². The van der Waals surface area contributed by atoms with E-state index < -0.39 is 24.7 Å². The summed E-state index contributed by atoms with van der Waals surface area (Å²) >= 11 is 0.998. The third kappa shape index (κ3) is 3.78. The number of hydrogen-bond donors (Lipinski definition) is 0. The lowest BCUT2D eigenvalue weighted by Crippen LogP contribution is -2.47. The van der Waals surface area contributed by atoms with Gasteiger partial charge in [-0.05, 0) is 31.0 Å². The molecule has 9 heteroatoms. The summed E-state index contributed by atoms with van der Waals surface area (Å²) in [6.07, 6.45) is -3.63. The van der Waals surface area contributed by atoms with Gasteiger partial charge in [0.25, 0.3) is 5.91 Å². The molecule has 0 atom stereocenters. The lowest BCUT2D eigenvalue weighted by molar-refractivity contribution is -0.147. The van der Waals surface area contributed by atoms with Crippen LogP contribution in [0, 0.1) is 0 Å². The Hall–Kier alpha value is -1.74. The van der Waals surface area contributed by atoms with Gasteiger partial charge in [-0.3, -0.25) is 4.79 Å². The first kappa shape index (κ1) is 16.1. The molecule has 2 heterocycles. The van der Waals surface area contributed by atoms with E-state index in [9.17, 15) is 18.0 Å². The van der Waals surface area contributed by atoms with Crippen molar-refractivity contribution in [2.24, 2.45) is 0 Å². The summed E-state index contributed by atoms with van der Waals surface area (Å²) in [5, 5.41) is 0. The van der Waals surface area contributed by atoms with Gasteiger partial charge in [0.2, 0.25) is 0 Å². The average Bonchev–Trinajstić information content (AvgIpc) is 2.99. The SMILES string of the molecule is O=C(c1ccc2nsnc2c1)N(CC(F)(F)F)C1CCOCC1. The predicted molar refractivity (Wildman–Crippen MR) is 78.3 cm³/mol. The van der Waals surface area contributed by atoms with Crippen LogP contribution in [0.4, 0.5) is 13.2 Å². The number of benzene rings is 1. The highest BCUT2D eigenvalue weighted by Gasteiger charge is 2.37. The summed E-state index contributed by atoms with van der Waals surface area (Å²) in [6.45, 7) is -0.535. The third-order valence-corrected chi connectivity index (χ3v) is 4.30. The number of hydrogen-bond acceptors (Lipinski definition) is 5. The van der Waals surface area contributed by atoms with Crippen LogP contribution < -0.4 is 0 Å². The lowest BCUT2D eigenvalue weighted by atomic mass is 10.0. The van der Waals surface area contributed by atoms with E-state index in [0.29, 0.717) is 37.1 Å². The minimum Gasteiger partial charge on any atom is -0.381 e. The van der Waals surface area contributed by atoms with Gasteiger partial charge < -0.3 is 9.64 Å². The molecule has 2 aromatic rings. The number of halogens is 3. The first-order valence-electron chi connectivity index (χ1n) is 7.12. The quantitative estimate of drug-likeness (QED) is 0.858. The van der Waals surface area contributed by atoms with Crippen molar-refractivity contribution in [3.63, 3.8) is 0 Å². The topological polar surface area (TPSA) is 55.3 Å². The number of rotatable bonds is 3. The molecule has 1 amide bonds. The summed E-state index contributed by atoms with van der Waals surface area (Å²) in [6, 6.07) is 4.11. The highest BCUT2D eigenvalue weighted by molar-refractivity contribution is 7.00. The van der Waals surface area contributed by atoms with Crippen molar-refractivity contribution in [3.05, 3.63) is 23.8 Å². The van der Waals surface area contributed by atoms with Gasteiger partial charge >= 0.3 is 6.18 Å². The first-order chi connectivity index (χ1) is 10.9. The maximum Gasteiger partial charge on any atom is 0.406 e. The van der Waals surface area contributed by atoms with E-state index in [-0.39, 0.29) is 5.56 Å². The third-order valence-electron chi connectivity index (χ3n) is 3.74. The second-order valence-corrected chi connectivity index (χ2v) is 5.89. The second-order valence-electron chi connectivity index (χ2n) is 5.36. The van der Waals surface area contributed by atoms with Gasteiger partial charge in [0, 0.05) is 24.8 Å². The van der Waals surface area contributed by atoms with E-state index in [0.717, 1.165) is 16.6 Å². The van der Waals surface area contributed by atoms with Gasteiger partial charge in [-0.2, -0.15) is 21.9 Å². The van der Waals surface area contributed by atoms with Crippen LogP contribution in [0.2, 0.25) is 0 Å². The standard InChI is InChI=1S/C14H14F3N3O2S/c15-14(16,17)8-20(10-3-5-22-6-4-10)13(21)9-1-2-11-12(7-9)19-23-18-11/h1-2,7,10H,3-6,8H2. The maximum atomic E-state index is 12.9. The molecule has 1 aromatic carbocycles. The Morgan fingerprint density at radius 3 is 2.65 bits per heavy atom. The Bertz CT molecular complexity index is 698. The lowest BCUT2D eigenvalue weighted by Gasteiger charge is -2.34. The van der Waals surface area contributed by atoms with Crippen LogP contribution in [0.1, 0.15) is 23.2 Å². The van der Waals surface area contributed by atoms with Gasteiger partial charge in [0.15, 0.2) is 0 Å². The monoisotopic (exact) mass is 345 g/mol. The molecule has 0 saturated carbocycles. The number of nitrogens with zero attached hydrogens (tertiary/aromatic N) is 3. The molecule has 1 aromatic heterocycles. The maximum absolute atomic E-state index is 12.9. The molecular formula is C14H14F3N3O2S. The summed E-state index contributed by atoms with van der Waals surface area (Å²) in [7, 11) is 0. The van der Waals surface area contributed by atoms with E-state index in [4.69, 9.17) is 4.74 Å². The molecule has 0 spiro atoms. The zero-order valence-corrected chi connectivity index (χ0v) is 12.9. The van der Waals surface area contributed by atoms with Crippen LogP contribution in [-0.2, 0) is 4.74 Å². The van der Waals surface area contributed by atoms with Gasteiger partial charge in [-0.25, -0.2) is 0 Å². The number of amides is 1. The van der Waals surface area contributed by atoms with Crippen LogP contribution in [0.3, 0.4) is 0 Å². The molecular weight excluding hydrogens is 331 g/mol. The van der Waals surface area contributed by atoms with Gasteiger partial charge in [-0.15, -0.1) is 0 Å². The average molecular weight is 345 g/mol. The van der Waals surface area contributed by atoms with E-state index >= 15 is 0 Å². The Morgan fingerprint density at radius 2 is 1.96 bits per heavy atom. The molecule has 0 N–H and O–H groups in total. The van der Waals surface area contributed by atoms with Crippen LogP contribution in [0.25, 0.3) is 11.0 Å². The molecule has 0 unspecified atom stereocenters. The molecule has 23 heavy (non-hydrogen) atoms. The number of alkyl halides is 3. The molecule has 1 aliphatic heterocycles. The van der Waals surface area contributed by atoms with Crippen LogP contribution in [-0.4, -0.2) is 51.5 Å². The van der Waals surface area contributed by atoms with Gasteiger partial charge in [0.1, 0.15) is 17.6 Å². The van der Waals surface area contributed by atoms with Crippen LogP contribution in [0.5, 0.6) is 0 Å². The molecule has 3 rings (SSSR count). The minimum atomic E-state index is -4.44. The van der Waals surface area contributed by atoms with E-state index in [1.807, 2.05) is 0 Å². The Kier molecular flexibility index (Phi) is 4.49. The van der Waals surface area contributed by atoms with Gasteiger partial charge in [-0.1, -0.05) is 0 Å². The van der Waals surface area contributed by atoms with Crippen molar-refractivity contribution in [2.75, 3.05) is 19.8 Å². The van der Waals surface area contributed by atoms with Gasteiger partial charge in [0.05, 0.1) is 11.7 Å². The summed E-state index contributed by atoms with van der Waals surface area (Å²) < 4.78 is 51.9. The first-order valence-corrected chi connectivity index (χ1v) is 7.85. The number of carbonyl (C=O) groups is 1. The van der Waals surface area contributed by atoms with Crippen molar-refractivity contribution in [2.45, 2.75) is 25.1 Å². The number of aromatic nitrogens is 2. The number of ether oxygens (including phenoxy) is 1. The van der Waals surface area contributed by atoms with E-state index in [1.165, 1.54) is 12.1 Å². The molecule has 1 fully saturated rings. The fraction of sp³-hybridized carbons (Fsp3) is 0.500. The summed E-state index contributed by atoms with van der Waals surface area (Å²) in [5.41, 5.74) is 1.33. The molecule has 1 saturated heterocycles. The second kappa shape index (κ2) is 6.40. The molecule has 0 aliphatic carbocycles. The zero-order chi connectivity index (χ0) is 16.4. The zero-order valence-electron chi connectivity index (χ0n) is 12.0. The van der Waals surface area contributed by atoms with Crippen LogP contribution >= 0.6 is 11.7 Å². The fourth-order valence-corrected chi connectivity index (χ4v) is 3.16. The van der Waals surface area contributed by atoms with Crippen molar-refractivity contribution in [3.8, 4) is 0 Å². The molecule has 124 valence electrons. The minimum absolute atomic E-state index is 0.195.